The number of rotatable bonds is 5. The molecule has 1 aromatic rings. The van der Waals surface area contributed by atoms with Crippen LogP contribution in [0.5, 0.6) is 0 Å². The molecule has 0 saturated carbocycles. The van der Waals surface area contributed by atoms with Crippen LogP contribution < -0.4 is 5.32 Å². The fourth-order valence-electron chi connectivity index (χ4n) is 1.71. The fourth-order valence-corrected chi connectivity index (χ4v) is 1.71. The molecule has 0 bridgehead atoms. The highest BCUT2D eigenvalue weighted by Gasteiger charge is 2.25. The van der Waals surface area contributed by atoms with Gasteiger partial charge in [0.15, 0.2) is 0 Å². The Morgan fingerprint density at radius 2 is 2.11 bits per heavy atom. The van der Waals surface area contributed by atoms with Crippen LogP contribution in [0.15, 0.2) is 18.2 Å². The second-order valence-electron chi connectivity index (χ2n) is 5.09. The second-order valence-corrected chi connectivity index (χ2v) is 5.09. The third kappa shape index (κ3) is 4.03. The van der Waals surface area contributed by atoms with Crippen LogP contribution >= 0.6 is 0 Å². The summed E-state index contributed by atoms with van der Waals surface area (Å²) in [5.74, 6) is -0.506. The Balaban J connectivity index is 3.05. The average molecular weight is 266 g/mol. The van der Waals surface area contributed by atoms with Crippen molar-refractivity contribution in [3.05, 3.63) is 39.4 Å². The molecule has 0 spiro atoms. The molecule has 0 fully saturated rings. The third-order valence-corrected chi connectivity index (χ3v) is 2.78. The van der Waals surface area contributed by atoms with Crippen LogP contribution in [0.3, 0.4) is 0 Å². The van der Waals surface area contributed by atoms with E-state index < -0.39 is 16.4 Å². The average Bonchev–Trinajstić information content (AvgIpc) is 2.27. The standard InChI is InChI=1S/C13H18N2O4/c1-9-4-5-11(15(18)19)10(8-9)12(17)14-13(2,3)6-7-16/h4-5,8,16H,6-7H2,1-3H3,(H,14,17). The summed E-state index contributed by atoms with van der Waals surface area (Å²) in [6.07, 6.45) is 0.373. The van der Waals surface area contributed by atoms with Gasteiger partial charge in [0.2, 0.25) is 0 Å². The van der Waals surface area contributed by atoms with Crippen LogP contribution in [-0.4, -0.2) is 28.1 Å². The Kier molecular flexibility index (Phi) is 4.61. The predicted molar refractivity (Wildman–Crippen MR) is 71.1 cm³/mol. The van der Waals surface area contributed by atoms with Crippen LogP contribution in [0.4, 0.5) is 5.69 Å². The minimum absolute atomic E-state index is 0.0380. The van der Waals surface area contributed by atoms with E-state index in [1.165, 1.54) is 12.1 Å². The number of nitrogens with zero attached hydrogens (tertiary/aromatic N) is 1. The van der Waals surface area contributed by atoms with E-state index in [1.807, 2.05) is 0 Å². The SMILES string of the molecule is Cc1ccc([N+](=O)[O-])c(C(=O)NC(C)(C)CCO)c1. The van der Waals surface area contributed by atoms with Crippen LogP contribution in [-0.2, 0) is 0 Å². The number of nitro benzene ring substituents is 1. The molecular formula is C13H18N2O4. The number of hydrogen-bond donors (Lipinski definition) is 2. The van der Waals surface area contributed by atoms with E-state index in [9.17, 15) is 14.9 Å². The quantitative estimate of drug-likeness (QED) is 0.627. The predicted octanol–water partition coefficient (Wildman–Crippen LogP) is 1.79. The number of hydrogen-bond acceptors (Lipinski definition) is 4. The monoisotopic (exact) mass is 266 g/mol. The van der Waals surface area contributed by atoms with Crippen molar-refractivity contribution in [2.75, 3.05) is 6.61 Å². The van der Waals surface area contributed by atoms with Crippen molar-refractivity contribution in [1.29, 1.82) is 0 Å². The van der Waals surface area contributed by atoms with E-state index in [0.717, 1.165) is 5.56 Å². The zero-order valence-electron chi connectivity index (χ0n) is 11.3. The van der Waals surface area contributed by atoms with Gasteiger partial charge in [-0.15, -0.1) is 0 Å². The van der Waals surface area contributed by atoms with Gasteiger partial charge in [-0.2, -0.15) is 0 Å². The zero-order valence-corrected chi connectivity index (χ0v) is 11.3. The van der Waals surface area contributed by atoms with Gasteiger partial charge in [-0.05, 0) is 38.8 Å². The molecule has 1 rings (SSSR count). The first kappa shape index (κ1) is 15.1. The van der Waals surface area contributed by atoms with Crippen molar-refractivity contribution in [2.24, 2.45) is 0 Å². The first-order valence-electron chi connectivity index (χ1n) is 5.95. The molecule has 0 radical (unpaired) electrons. The Hall–Kier alpha value is -1.95. The third-order valence-electron chi connectivity index (χ3n) is 2.78. The molecule has 0 atom stereocenters. The highest BCUT2D eigenvalue weighted by molar-refractivity contribution is 5.98. The molecule has 19 heavy (non-hydrogen) atoms. The summed E-state index contributed by atoms with van der Waals surface area (Å²) < 4.78 is 0. The Morgan fingerprint density at radius 1 is 1.47 bits per heavy atom. The Labute approximate surface area is 111 Å². The summed E-state index contributed by atoms with van der Waals surface area (Å²) in [7, 11) is 0. The summed E-state index contributed by atoms with van der Waals surface area (Å²) in [6.45, 7) is 5.20. The maximum absolute atomic E-state index is 12.1. The molecular weight excluding hydrogens is 248 g/mol. The minimum Gasteiger partial charge on any atom is -0.396 e. The fraction of sp³-hybridized carbons (Fsp3) is 0.462. The summed E-state index contributed by atoms with van der Waals surface area (Å²) in [5, 5.41) is 22.5. The zero-order chi connectivity index (χ0) is 14.6. The van der Waals surface area contributed by atoms with Gasteiger partial charge in [0.1, 0.15) is 5.56 Å². The molecule has 104 valence electrons. The molecule has 0 saturated heterocycles. The first-order chi connectivity index (χ1) is 8.76. The largest absolute Gasteiger partial charge is 0.396 e. The molecule has 0 aliphatic carbocycles. The number of nitro groups is 1. The van der Waals surface area contributed by atoms with Gasteiger partial charge in [0, 0.05) is 18.2 Å². The van der Waals surface area contributed by atoms with Crippen molar-refractivity contribution in [3.8, 4) is 0 Å². The number of carbonyl (C=O) groups is 1. The number of aliphatic hydroxyl groups is 1. The van der Waals surface area contributed by atoms with Gasteiger partial charge in [0.25, 0.3) is 11.6 Å². The summed E-state index contributed by atoms with van der Waals surface area (Å²) in [5.41, 5.74) is -0.0293. The second kappa shape index (κ2) is 5.79. The van der Waals surface area contributed by atoms with E-state index in [2.05, 4.69) is 5.32 Å². The van der Waals surface area contributed by atoms with Crippen molar-refractivity contribution in [3.63, 3.8) is 0 Å². The lowest BCUT2D eigenvalue weighted by molar-refractivity contribution is -0.385. The molecule has 0 aromatic heterocycles. The van der Waals surface area contributed by atoms with Crippen LogP contribution in [0, 0.1) is 17.0 Å². The van der Waals surface area contributed by atoms with E-state index in [1.54, 1.807) is 26.8 Å². The number of benzene rings is 1. The molecule has 2 N–H and O–H groups in total. The summed E-state index contributed by atoms with van der Waals surface area (Å²) in [6, 6.07) is 4.40. The van der Waals surface area contributed by atoms with Gasteiger partial charge in [0.05, 0.1) is 4.92 Å². The van der Waals surface area contributed by atoms with Crippen LogP contribution in [0.2, 0.25) is 0 Å². The highest BCUT2D eigenvalue weighted by Crippen LogP contribution is 2.21. The summed E-state index contributed by atoms with van der Waals surface area (Å²) >= 11 is 0. The van der Waals surface area contributed by atoms with Gasteiger partial charge in [-0.1, -0.05) is 6.07 Å². The first-order valence-corrected chi connectivity index (χ1v) is 5.95. The van der Waals surface area contributed by atoms with Gasteiger partial charge in [-0.3, -0.25) is 14.9 Å². The molecule has 0 aliphatic heterocycles. The van der Waals surface area contributed by atoms with E-state index >= 15 is 0 Å². The maximum Gasteiger partial charge on any atom is 0.282 e. The number of nitrogens with one attached hydrogen (secondary N) is 1. The number of carbonyl (C=O) groups excluding carboxylic acids is 1. The lowest BCUT2D eigenvalue weighted by Gasteiger charge is -2.25. The molecule has 0 unspecified atom stereocenters. The number of aliphatic hydroxyl groups excluding tert-OH is 1. The molecule has 6 heteroatoms. The smallest absolute Gasteiger partial charge is 0.282 e. The molecule has 0 aliphatic rings. The van der Waals surface area contributed by atoms with Gasteiger partial charge in [-0.25, -0.2) is 0 Å². The van der Waals surface area contributed by atoms with E-state index in [4.69, 9.17) is 5.11 Å². The number of amides is 1. The van der Waals surface area contributed by atoms with Crippen LogP contribution in [0.25, 0.3) is 0 Å². The molecule has 1 aromatic carbocycles. The number of aryl methyl sites for hydroxylation is 1. The topological polar surface area (TPSA) is 92.5 Å². The van der Waals surface area contributed by atoms with Crippen molar-refractivity contribution in [1.82, 2.24) is 5.32 Å². The normalized spacial score (nSPS) is 11.2. The molecule has 0 heterocycles. The van der Waals surface area contributed by atoms with Crippen molar-refractivity contribution in [2.45, 2.75) is 32.7 Å². The Morgan fingerprint density at radius 3 is 2.63 bits per heavy atom. The van der Waals surface area contributed by atoms with E-state index in [0.29, 0.717) is 6.42 Å². The minimum atomic E-state index is -0.622. The van der Waals surface area contributed by atoms with Crippen LogP contribution in [0.1, 0.15) is 36.2 Å². The van der Waals surface area contributed by atoms with E-state index in [-0.39, 0.29) is 17.9 Å². The van der Waals surface area contributed by atoms with Crippen molar-refractivity contribution < 1.29 is 14.8 Å². The van der Waals surface area contributed by atoms with Crippen molar-refractivity contribution >= 4 is 11.6 Å². The van der Waals surface area contributed by atoms with Gasteiger partial charge < -0.3 is 10.4 Å². The molecule has 6 nitrogen and oxygen atoms in total. The molecule has 1 amide bonds. The Bertz CT molecular complexity index is 497. The summed E-state index contributed by atoms with van der Waals surface area (Å²) in [4.78, 5) is 22.5. The highest BCUT2D eigenvalue weighted by atomic mass is 16.6. The lowest BCUT2D eigenvalue weighted by atomic mass is 10.00. The maximum atomic E-state index is 12.1. The lowest BCUT2D eigenvalue weighted by Crippen LogP contribution is -2.44. The van der Waals surface area contributed by atoms with Gasteiger partial charge >= 0.3 is 0 Å².